The molecule has 32 heavy (non-hydrogen) atoms. The van der Waals surface area contributed by atoms with E-state index in [4.69, 9.17) is 14.2 Å². The molecule has 2 aliphatic carbocycles. The number of esters is 1. The van der Waals surface area contributed by atoms with Crippen molar-refractivity contribution in [3.63, 3.8) is 0 Å². The number of hydrogen-bond donors (Lipinski definition) is 0. The molecule has 176 valence electrons. The Morgan fingerprint density at radius 2 is 1.88 bits per heavy atom. The van der Waals surface area contributed by atoms with Gasteiger partial charge in [-0.2, -0.15) is 0 Å². The highest BCUT2D eigenvalue weighted by Crippen LogP contribution is 2.35. The largest absolute Gasteiger partial charge is 0.498 e. The van der Waals surface area contributed by atoms with Gasteiger partial charge < -0.3 is 14.2 Å². The van der Waals surface area contributed by atoms with Crippen LogP contribution in [0.15, 0.2) is 47.0 Å². The number of hydrogen-bond acceptors (Lipinski definition) is 4. The Hall–Kier alpha value is -2.41. The fraction of sp³-hybridized carbons (Fsp3) is 0.607. The number of allylic oxidation sites excluding steroid dienone is 7. The second-order valence-electron chi connectivity index (χ2n) is 9.86. The van der Waals surface area contributed by atoms with Gasteiger partial charge in [0.15, 0.2) is 0 Å². The van der Waals surface area contributed by atoms with Crippen LogP contribution in [0, 0.1) is 35.0 Å². The van der Waals surface area contributed by atoms with Gasteiger partial charge in [0.25, 0.3) is 0 Å². The molecule has 2 rings (SSSR count). The summed E-state index contributed by atoms with van der Waals surface area (Å²) in [6.45, 7) is 14.2. The zero-order chi connectivity index (χ0) is 23.7. The third-order valence-electron chi connectivity index (χ3n) is 5.95. The lowest BCUT2D eigenvalue weighted by molar-refractivity contribution is -0.141. The van der Waals surface area contributed by atoms with Crippen LogP contribution >= 0.6 is 0 Å². The second-order valence-corrected chi connectivity index (χ2v) is 9.86. The quantitative estimate of drug-likeness (QED) is 0.238. The lowest BCUT2D eigenvalue weighted by Crippen LogP contribution is -2.17. The van der Waals surface area contributed by atoms with Gasteiger partial charge in [-0.15, -0.1) is 5.92 Å². The van der Waals surface area contributed by atoms with E-state index in [-0.39, 0.29) is 29.6 Å². The summed E-state index contributed by atoms with van der Waals surface area (Å²) in [5.41, 5.74) is 2.78. The first-order chi connectivity index (χ1) is 15.1. The van der Waals surface area contributed by atoms with E-state index in [1.54, 1.807) is 6.92 Å². The normalized spacial score (nSPS) is 21.7. The molecular formula is C28H40O4. The Bertz CT molecular complexity index is 839. The van der Waals surface area contributed by atoms with Crippen molar-refractivity contribution < 1.29 is 19.0 Å². The molecule has 3 unspecified atom stereocenters. The van der Waals surface area contributed by atoms with Gasteiger partial charge in [0.05, 0.1) is 38.4 Å². The molecule has 0 aromatic rings. The third kappa shape index (κ3) is 7.93. The molecule has 0 saturated heterocycles. The highest BCUT2D eigenvalue weighted by Gasteiger charge is 2.24. The molecule has 0 aromatic carbocycles. The van der Waals surface area contributed by atoms with Crippen molar-refractivity contribution in [1.29, 1.82) is 0 Å². The average Bonchev–Trinajstić information content (AvgIpc) is 2.73. The van der Waals surface area contributed by atoms with Crippen LogP contribution in [0.3, 0.4) is 0 Å². The van der Waals surface area contributed by atoms with Gasteiger partial charge in [0.2, 0.25) is 0 Å². The maximum Gasteiger partial charge on any atom is 0.307 e. The Kier molecular flexibility index (Phi) is 9.69. The van der Waals surface area contributed by atoms with Gasteiger partial charge in [-0.25, -0.2) is 0 Å². The van der Waals surface area contributed by atoms with Crippen LogP contribution in [-0.4, -0.2) is 26.3 Å². The van der Waals surface area contributed by atoms with Crippen LogP contribution in [0.1, 0.15) is 67.2 Å². The van der Waals surface area contributed by atoms with Crippen LogP contribution in [0.4, 0.5) is 0 Å². The Morgan fingerprint density at radius 3 is 2.50 bits per heavy atom. The molecule has 2 aliphatic rings. The molecule has 0 bridgehead atoms. The topological polar surface area (TPSA) is 44.8 Å². The zero-order valence-electron chi connectivity index (χ0n) is 20.9. The van der Waals surface area contributed by atoms with Gasteiger partial charge in [-0.1, -0.05) is 57.8 Å². The first-order valence-corrected chi connectivity index (χ1v) is 11.7. The van der Waals surface area contributed by atoms with Gasteiger partial charge in [-0.05, 0) is 49.3 Å². The molecule has 4 heteroatoms. The van der Waals surface area contributed by atoms with Crippen LogP contribution in [0.2, 0.25) is 0 Å². The Morgan fingerprint density at radius 1 is 1.16 bits per heavy atom. The van der Waals surface area contributed by atoms with E-state index >= 15 is 0 Å². The van der Waals surface area contributed by atoms with Gasteiger partial charge in [0, 0.05) is 12.3 Å². The molecule has 0 saturated carbocycles. The van der Waals surface area contributed by atoms with E-state index in [2.05, 4.69) is 64.7 Å². The SMILES string of the molecule is CC#CC(CC(=O)OC)C1=CC=C(OCCCOC2=CC(C)CC(C(C)(C)C)=C2)C(C)C1. The van der Waals surface area contributed by atoms with E-state index in [9.17, 15) is 4.79 Å². The lowest BCUT2D eigenvalue weighted by atomic mass is 9.79. The van der Waals surface area contributed by atoms with Crippen molar-refractivity contribution in [2.75, 3.05) is 20.3 Å². The fourth-order valence-corrected chi connectivity index (χ4v) is 4.04. The summed E-state index contributed by atoms with van der Waals surface area (Å²) < 4.78 is 16.9. The summed E-state index contributed by atoms with van der Waals surface area (Å²) in [5, 5.41) is 0. The van der Waals surface area contributed by atoms with Crippen molar-refractivity contribution >= 4 is 5.97 Å². The number of methoxy groups -OCH3 is 1. The van der Waals surface area contributed by atoms with Crippen LogP contribution < -0.4 is 0 Å². The zero-order valence-corrected chi connectivity index (χ0v) is 20.9. The lowest BCUT2D eigenvalue weighted by Gasteiger charge is -2.28. The minimum Gasteiger partial charge on any atom is -0.498 e. The Labute approximate surface area is 194 Å². The van der Waals surface area contributed by atoms with Gasteiger partial charge in [-0.3, -0.25) is 4.79 Å². The molecule has 0 spiro atoms. The van der Waals surface area contributed by atoms with E-state index < -0.39 is 0 Å². The van der Waals surface area contributed by atoms with E-state index in [0.29, 0.717) is 19.1 Å². The third-order valence-corrected chi connectivity index (χ3v) is 5.95. The number of ether oxygens (including phenoxy) is 3. The van der Waals surface area contributed by atoms with Crippen LogP contribution in [0.5, 0.6) is 0 Å². The highest BCUT2D eigenvalue weighted by molar-refractivity contribution is 5.70. The summed E-state index contributed by atoms with van der Waals surface area (Å²) in [6.07, 6.45) is 11.6. The molecule has 0 amide bonds. The van der Waals surface area contributed by atoms with Crippen molar-refractivity contribution in [1.82, 2.24) is 0 Å². The number of rotatable bonds is 9. The molecule has 0 aromatic heterocycles. The van der Waals surface area contributed by atoms with Crippen molar-refractivity contribution in [3.05, 3.63) is 47.0 Å². The smallest absolute Gasteiger partial charge is 0.307 e. The molecule has 3 atom stereocenters. The van der Waals surface area contributed by atoms with E-state index in [0.717, 1.165) is 36.4 Å². The summed E-state index contributed by atoms with van der Waals surface area (Å²) in [5.74, 6) is 8.48. The summed E-state index contributed by atoms with van der Waals surface area (Å²) in [7, 11) is 1.41. The molecule has 4 nitrogen and oxygen atoms in total. The molecule has 0 fully saturated rings. The number of carbonyl (C=O) groups is 1. The number of carbonyl (C=O) groups excluding carboxylic acids is 1. The average molecular weight is 441 g/mol. The maximum absolute atomic E-state index is 11.7. The monoisotopic (exact) mass is 440 g/mol. The summed E-state index contributed by atoms with van der Waals surface area (Å²) >= 11 is 0. The minimum absolute atomic E-state index is 0.0988. The molecule has 0 N–H and O–H groups in total. The van der Waals surface area contributed by atoms with E-state index in [1.165, 1.54) is 12.7 Å². The first-order valence-electron chi connectivity index (χ1n) is 11.7. The van der Waals surface area contributed by atoms with Gasteiger partial charge in [0.1, 0.15) is 5.76 Å². The fourth-order valence-electron chi connectivity index (χ4n) is 4.04. The van der Waals surface area contributed by atoms with Crippen LogP contribution in [0.25, 0.3) is 0 Å². The minimum atomic E-state index is -0.232. The van der Waals surface area contributed by atoms with Crippen molar-refractivity contribution in [2.24, 2.45) is 23.2 Å². The molecular weight excluding hydrogens is 400 g/mol. The standard InChI is InChI=1S/C28H40O4/c1-8-10-22(18-27(29)30-7)23-11-12-26(21(3)17-23)32-14-9-13-31-25-16-20(2)15-24(19-25)28(4,5)6/h11-12,16,19-22H,9,13-15,17-18H2,1-7H3. The van der Waals surface area contributed by atoms with Gasteiger partial charge >= 0.3 is 5.97 Å². The predicted octanol–water partition coefficient (Wildman–Crippen LogP) is 6.36. The second kappa shape index (κ2) is 12.0. The summed E-state index contributed by atoms with van der Waals surface area (Å²) in [4.78, 5) is 11.7. The van der Waals surface area contributed by atoms with Crippen LogP contribution in [-0.2, 0) is 19.0 Å². The van der Waals surface area contributed by atoms with E-state index in [1.807, 2.05) is 6.08 Å². The maximum atomic E-state index is 11.7. The predicted molar refractivity (Wildman–Crippen MR) is 129 cm³/mol. The summed E-state index contributed by atoms with van der Waals surface area (Å²) in [6, 6.07) is 0. The van der Waals surface area contributed by atoms with Crippen molar-refractivity contribution in [2.45, 2.75) is 67.2 Å². The molecule has 0 aliphatic heterocycles. The Balaban J connectivity index is 1.85. The first kappa shape index (κ1) is 25.8. The van der Waals surface area contributed by atoms with Crippen molar-refractivity contribution in [3.8, 4) is 11.8 Å². The highest BCUT2D eigenvalue weighted by atomic mass is 16.5. The molecule has 0 heterocycles. The molecule has 0 radical (unpaired) electrons.